The molecule has 28 heavy (non-hydrogen) atoms. The number of hydrogen-bond acceptors (Lipinski definition) is 6. The van der Waals surface area contributed by atoms with E-state index in [1.165, 1.54) is 13.2 Å². The van der Waals surface area contributed by atoms with Gasteiger partial charge in [0.2, 0.25) is 0 Å². The van der Waals surface area contributed by atoms with E-state index in [0.717, 1.165) is 0 Å². The van der Waals surface area contributed by atoms with Crippen LogP contribution in [0.3, 0.4) is 0 Å². The zero-order chi connectivity index (χ0) is 21.1. The molecule has 1 atom stereocenters. The van der Waals surface area contributed by atoms with E-state index in [4.69, 9.17) is 19.3 Å². The van der Waals surface area contributed by atoms with Crippen molar-refractivity contribution in [2.24, 2.45) is 0 Å². The van der Waals surface area contributed by atoms with Crippen LogP contribution in [0.15, 0.2) is 29.5 Å². The number of methoxy groups -OCH3 is 1. The maximum Gasteiger partial charge on any atom is 0.341 e. The Morgan fingerprint density at radius 2 is 1.89 bits per heavy atom. The van der Waals surface area contributed by atoms with Crippen LogP contribution in [0.2, 0.25) is 0 Å². The van der Waals surface area contributed by atoms with Crippen molar-refractivity contribution in [1.29, 1.82) is 0 Å². The summed E-state index contributed by atoms with van der Waals surface area (Å²) in [4.78, 5) is 35.4. The first-order chi connectivity index (χ1) is 13.0. The number of ether oxygens (including phenoxy) is 3. The molecule has 0 saturated carbocycles. The number of carbonyl (C=O) groups excluding carboxylic acids is 2. The van der Waals surface area contributed by atoms with Gasteiger partial charge in [-0.15, -0.1) is 0 Å². The molecular weight excluding hydrogens is 368 g/mol. The number of allylic oxidation sites excluding steroid dienone is 1. The second kappa shape index (κ2) is 8.20. The highest BCUT2D eigenvalue weighted by Crippen LogP contribution is 2.35. The zero-order valence-electron chi connectivity index (χ0n) is 16.4. The molecule has 0 aliphatic carbocycles. The fourth-order valence-electron chi connectivity index (χ4n) is 2.67. The summed E-state index contributed by atoms with van der Waals surface area (Å²) in [7, 11) is 1.41. The molecule has 1 aliphatic rings. The summed E-state index contributed by atoms with van der Waals surface area (Å²) in [6.45, 7) is 6.35. The third kappa shape index (κ3) is 5.15. The van der Waals surface area contributed by atoms with Crippen LogP contribution >= 0.6 is 0 Å². The summed E-state index contributed by atoms with van der Waals surface area (Å²) in [6.07, 6.45) is 0. The number of esters is 1. The van der Waals surface area contributed by atoms with Gasteiger partial charge in [0.1, 0.15) is 5.60 Å². The van der Waals surface area contributed by atoms with E-state index in [2.05, 4.69) is 10.6 Å². The molecule has 0 unspecified atom stereocenters. The molecule has 9 heteroatoms. The van der Waals surface area contributed by atoms with Gasteiger partial charge in [0.15, 0.2) is 18.1 Å². The predicted molar refractivity (Wildman–Crippen MR) is 99.1 cm³/mol. The predicted octanol–water partition coefficient (Wildman–Crippen LogP) is 2.13. The standard InChI is InChI=1S/C19H24N2O7/c1-10-15(17(24)28-19(2,3)4)16(21-18(25)20-10)11-6-7-12(13(8-11)26-5)27-9-14(22)23/h6-8,16H,9H2,1-5H3,(H,22,23)(H2,20,21,25)/t16-/m0/s1. The van der Waals surface area contributed by atoms with Crippen LogP contribution in [-0.4, -0.2) is 42.4 Å². The Bertz CT molecular complexity index is 824. The quantitative estimate of drug-likeness (QED) is 0.634. The van der Waals surface area contributed by atoms with Gasteiger partial charge < -0.3 is 30.0 Å². The molecule has 1 aliphatic heterocycles. The van der Waals surface area contributed by atoms with Crippen molar-refractivity contribution in [1.82, 2.24) is 10.6 Å². The van der Waals surface area contributed by atoms with Gasteiger partial charge in [-0.3, -0.25) is 0 Å². The number of benzene rings is 1. The lowest BCUT2D eigenvalue weighted by molar-refractivity contribution is -0.150. The smallest absolute Gasteiger partial charge is 0.341 e. The largest absolute Gasteiger partial charge is 0.493 e. The minimum Gasteiger partial charge on any atom is -0.493 e. The number of nitrogens with one attached hydrogen (secondary N) is 2. The summed E-state index contributed by atoms with van der Waals surface area (Å²) in [5, 5.41) is 14.0. The van der Waals surface area contributed by atoms with E-state index in [9.17, 15) is 14.4 Å². The van der Waals surface area contributed by atoms with Gasteiger partial charge in [0, 0.05) is 5.70 Å². The van der Waals surface area contributed by atoms with Crippen LogP contribution in [0.1, 0.15) is 39.3 Å². The molecule has 0 radical (unpaired) electrons. The molecule has 2 rings (SSSR count). The SMILES string of the molecule is COc1cc([C@@H]2NC(=O)NC(C)=C2C(=O)OC(C)(C)C)ccc1OCC(=O)O. The number of amides is 2. The lowest BCUT2D eigenvalue weighted by atomic mass is 9.95. The average molecular weight is 392 g/mol. The van der Waals surface area contributed by atoms with Crippen LogP contribution in [0.25, 0.3) is 0 Å². The highest BCUT2D eigenvalue weighted by atomic mass is 16.6. The third-order valence-electron chi connectivity index (χ3n) is 3.76. The minimum atomic E-state index is -1.12. The maximum absolute atomic E-state index is 12.7. The Morgan fingerprint density at radius 1 is 1.21 bits per heavy atom. The molecule has 9 nitrogen and oxygen atoms in total. The van der Waals surface area contributed by atoms with Gasteiger partial charge in [-0.05, 0) is 45.4 Å². The number of carbonyl (C=O) groups is 3. The van der Waals surface area contributed by atoms with E-state index in [1.807, 2.05) is 0 Å². The van der Waals surface area contributed by atoms with Crippen LogP contribution in [0, 0.1) is 0 Å². The second-order valence-corrected chi connectivity index (χ2v) is 7.16. The van der Waals surface area contributed by atoms with Crippen molar-refractivity contribution in [3.8, 4) is 11.5 Å². The van der Waals surface area contributed by atoms with E-state index >= 15 is 0 Å². The van der Waals surface area contributed by atoms with Gasteiger partial charge in [-0.25, -0.2) is 14.4 Å². The first-order valence-electron chi connectivity index (χ1n) is 8.56. The molecule has 0 fully saturated rings. The minimum absolute atomic E-state index is 0.230. The first-order valence-corrected chi connectivity index (χ1v) is 8.56. The van der Waals surface area contributed by atoms with Crippen molar-refractivity contribution in [2.75, 3.05) is 13.7 Å². The molecule has 2 amide bonds. The summed E-state index contributed by atoms with van der Waals surface area (Å²) in [5.74, 6) is -1.18. The molecule has 1 aromatic carbocycles. The molecule has 0 saturated heterocycles. The van der Waals surface area contributed by atoms with Gasteiger partial charge in [-0.2, -0.15) is 0 Å². The lowest BCUT2D eigenvalue weighted by Crippen LogP contribution is -2.46. The van der Waals surface area contributed by atoms with E-state index in [-0.39, 0.29) is 17.1 Å². The van der Waals surface area contributed by atoms with Gasteiger partial charge in [0.25, 0.3) is 0 Å². The Balaban J connectivity index is 2.42. The molecule has 1 heterocycles. The molecule has 152 valence electrons. The Hall–Kier alpha value is -3.23. The summed E-state index contributed by atoms with van der Waals surface area (Å²) in [6, 6.07) is 3.48. The topological polar surface area (TPSA) is 123 Å². The average Bonchev–Trinajstić information content (AvgIpc) is 2.57. The fraction of sp³-hybridized carbons (Fsp3) is 0.421. The van der Waals surface area contributed by atoms with Crippen LogP contribution in [-0.2, 0) is 14.3 Å². The molecule has 0 bridgehead atoms. The number of aliphatic carboxylic acids is 1. The Labute approximate surface area is 162 Å². The van der Waals surface area contributed by atoms with Gasteiger partial charge >= 0.3 is 18.0 Å². The number of carboxylic acids is 1. The molecule has 0 spiro atoms. The highest BCUT2D eigenvalue weighted by Gasteiger charge is 2.34. The van der Waals surface area contributed by atoms with Crippen LogP contribution in [0.4, 0.5) is 4.79 Å². The van der Waals surface area contributed by atoms with E-state index in [1.54, 1.807) is 39.8 Å². The van der Waals surface area contributed by atoms with Crippen molar-refractivity contribution in [3.05, 3.63) is 35.0 Å². The normalized spacial score (nSPS) is 16.8. The third-order valence-corrected chi connectivity index (χ3v) is 3.76. The summed E-state index contributed by atoms with van der Waals surface area (Å²) < 4.78 is 15.9. The Kier molecular flexibility index (Phi) is 6.17. The van der Waals surface area contributed by atoms with Crippen molar-refractivity contribution in [3.63, 3.8) is 0 Å². The molecule has 3 N–H and O–H groups in total. The highest BCUT2D eigenvalue weighted by molar-refractivity contribution is 5.95. The second-order valence-electron chi connectivity index (χ2n) is 7.16. The number of rotatable bonds is 6. The van der Waals surface area contributed by atoms with Crippen molar-refractivity contribution >= 4 is 18.0 Å². The van der Waals surface area contributed by atoms with Crippen LogP contribution in [0.5, 0.6) is 11.5 Å². The van der Waals surface area contributed by atoms with E-state index in [0.29, 0.717) is 11.3 Å². The molecule has 0 aromatic heterocycles. The van der Waals surface area contributed by atoms with E-state index < -0.39 is 36.2 Å². The first kappa shape index (κ1) is 21.1. The maximum atomic E-state index is 12.7. The van der Waals surface area contributed by atoms with Crippen molar-refractivity contribution < 1.29 is 33.7 Å². The monoisotopic (exact) mass is 392 g/mol. The van der Waals surface area contributed by atoms with Gasteiger partial charge in [-0.1, -0.05) is 6.07 Å². The Morgan fingerprint density at radius 3 is 2.46 bits per heavy atom. The number of urea groups is 1. The van der Waals surface area contributed by atoms with Crippen LogP contribution < -0.4 is 20.1 Å². The lowest BCUT2D eigenvalue weighted by Gasteiger charge is -2.30. The molecule has 1 aromatic rings. The summed E-state index contributed by atoms with van der Waals surface area (Å²) in [5.41, 5.74) is 0.487. The van der Waals surface area contributed by atoms with Gasteiger partial charge in [0.05, 0.1) is 18.7 Å². The number of carboxylic acid groups (broad SMARTS) is 1. The van der Waals surface area contributed by atoms with Crippen molar-refractivity contribution in [2.45, 2.75) is 39.3 Å². The number of hydrogen-bond donors (Lipinski definition) is 3. The molecular formula is C19H24N2O7. The summed E-state index contributed by atoms with van der Waals surface area (Å²) >= 11 is 0. The zero-order valence-corrected chi connectivity index (χ0v) is 16.4. The fourth-order valence-corrected chi connectivity index (χ4v) is 2.67.